The molecule has 4 fully saturated rings. The number of nitrogens with zero attached hydrogens (tertiary/aromatic N) is 9. The summed E-state index contributed by atoms with van der Waals surface area (Å²) in [6, 6.07) is 13.2. The number of fused-ring (bicyclic) bond motifs is 6. The number of benzene rings is 3. The maximum atomic E-state index is 16.3. The van der Waals surface area contributed by atoms with E-state index in [1.54, 1.807) is 58.8 Å². The molecule has 68 heavy (non-hydrogen) atoms. The monoisotopic (exact) mass is 942 g/mol. The van der Waals surface area contributed by atoms with E-state index in [0.29, 0.717) is 71.4 Å². The predicted octanol–water partition coefficient (Wildman–Crippen LogP) is 7.28. The van der Waals surface area contributed by atoms with E-state index in [9.17, 15) is 9.59 Å². The molecule has 8 aromatic rings. The van der Waals surface area contributed by atoms with Crippen LogP contribution in [0.3, 0.4) is 0 Å². The standard InChI is InChI=1S/C49H48F2N10O6S/c1-26-18-33(19-27(2)42(26)50)60-44(58-16-15-57(47(58)63)39-11-10-37-34(43(39)51)25-52-56(37)4)41-35(54-60)22-32-6-5-7-38(41)61(32)68(64,65)40-21-31-20-29(30-12-17-66-48(24-30)13-14-48)8-9-36(31)59(40)49(23-28(49)3)45-53-46(62)67-55-45/h8-11,15-16,18-21,25,28,30,32,38H,5-7,12-14,17,22-24H2,1-4H3,(H,53,55,62)/t28-,30+,32+,38-,49-/m0/s1. The highest BCUT2D eigenvalue weighted by molar-refractivity contribution is 7.89. The van der Waals surface area contributed by atoms with Gasteiger partial charge in [0.25, 0.3) is 10.0 Å². The molecule has 2 saturated heterocycles. The van der Waals surface area contributed by atoms with E-state index in [1.165, 1.54) is 33.8 Å². The normalized spacial score (nSPS) is 24.3. The highest BCUT2D eigenvalue weighted by Crippen LogP contribution is 2.58. The van der Waals surface area contributed by atoms with Gasteiger partial charge >= 0.3 is 11.4 Å². The van der Waals surface area contributed by atoms with Crippen molar-refractivity contribution in [1.82, 2.24) is 47.7 Å². The van der Waals surface area contributed by atoms with E-state index in [-0.39, 0.29) is 57.4 Å². The molecule has 5 aliphatic rings. The first-order valence-electron chi connectivity index (χ1n) is 23.4. The molecule has 3 aliphatic heterocycles. The lowest BCUT2D eigenvalue weighted by molar-refractivity contribution is -0.0132. The third-order valence-electron chi connectivity index (χ3n) is 15.8. The molecule has 350 valence electrons. The van der Waals surface area contributed by atoms with E-state index in [0.717, 1.165) is 36.6 Å². The van der Waals surface area contributed by atoms with Gasteiger partial charge in [0, 0.05) is 49.5 Å². The van der Waals surface area contributed by atoms with Crippen molar-refractivity contribution in [2.75, 3.05) is 6.61 Å². The Bertz CT molecular complexity index is 3660. The zero-order chi connectivity index (χ0) is 46.8. The Kier molecular flexibility index (Phi) is 8.78. The van der Waals surface area contributed by atoms with E-state index >= 15 is 17.2 Å². The number of aromatic nitrogens is 9. The molecule has 8 heterocycles. The van der Waals surface area contributed by atoms with Crippen molar-refractivity contribution in [1.29, 1.82) is 0 Å². The number of nitrogens with one attached hydrogen (secondary N) is 1. The van der Waals surface area contributed by atoms with Crippen LogP contribution in [0.4, 0.5) is 8.78 Å². The summed E-state index contributed by atoms with van der Waals surface area (Å²) < 4.78 is 84.2. The Morgan fingerprint density at radius 2 is 1.68 bits per heavy atom. The van der Waals surface area contributed by atoms with Gasteiger partial charge in [0.15, 0.2) is 16.7 Å². The molecule has 5 aromatic heterocycles. The second-order valence-electron chi connectivity index (χ2n) is 19.9. The smallest absolute Gasteiger partial charge is 0.375 e. The van der Waals surface area contributed by atoms with Crippen LogP contribution in [0.25, 0.3) is 39.0 Å². The van der Waals surface area contributed by atoms with Crippen molar-refractivity contribution >= 4 is 31.8 Å². The second-order valence-corrected chi connectivity index (χ2v) is 21.7. The topological polar surface area (TPSA) is 173 Å². The third-order valence-corrected chi connectivity index (χ3v) is 17.8. The second kappa shape index (κ2) is 14.3. The number of hydrogen-bond acceptors (Lipinski definition) is 9. The lowest BCUT2D eigenvalue weighted by Gasteiger charge is -2.44. The van der Waals surface area contributed by atoms with Gasteiger partial charge in [-0.15, -0.1) is 0 Å². The van der Waals surface area contributed by atoms with Gasteiger partial charge in [0.05, 0.1) is 51.3 Å². The lowest BCUT2D eigenvalue weighted by atomic mass is 9.85. The van der Waals surface area contributed by atoms with Crippen molar-refractivity contribution in [3.8, 4) is 17.2 Å². The van der Waals surface area contributed by atoms with Gasteiger partial charge in [-0.3, -0.25) is 23.3 Å². The van der Waals surface area contributed by atoms with Gasteiger partial charge in [-0.1, -0.05) is 18.1 Å². The molecule has 16 nitrogen and oxygen atoms in total. The van der Waals surface area contributed by atoms with Gasteiger partial charge in [0.1, 0.15) is 17.2 Å². The Hall–Kier alpha value is -6.44. The van der Waals surface area contributed by atoms with Crippen LogP contribution in [-0.2, 0) is 33.8 Å². The predicted molar refractivity (Wildman–Crippen MR) is 245 cm³/mol. The summed E-state index contributed by atoms with van der Waals surface area (Å²) in [6.07, 6.45) is 10.7. The summed E-state index contributed by atoms with van der Waals surface area (Å²) >= 11 is 0. The minimum atomic E-state index is -4.43. The summed E-state index contributed by atoms with van der Waals surface area (Å²) in [7, 11) is -2.72. The SMILES string of the molecule is Cc1cc(-n2nc3c(c2-n2ccn(-c4ccc5c(cnn5C)c4F)c2=O)[C@@H]2CCC[C@H](C3)N2S(=O)(=O)c2cc3cc([C@@H]4CCOC5(CC5)C4)ccc3n2[C@@]2(c3noc(=O)[nH]3)C[C@@H]2C)cc(C)c1F. The summed E-state index contributed by atoms with van der Waals surface area (Å²) in [5.74, 6) is -1.04. The molecule has 0 radical (unpaired) electrons. The number of hydrogen-bond donors (Lipinski definition) is 1. The Labute approximate surface area is 387 Å². The summed E-state index contributed by atoms with van der Waals surface area (Å²) in [6.45, 7) is 6.00. The summed E-state index contributed by atoms with van der Waals surface area (Å²) in [4.78, 5) is 30.2. The zero-order valence-electron chi connectivity index (χ0n) is 37.9. The van der Waals surface area contributed by atoms with Crippen LogP contribution in [0, 0.1) is 31.4 Å². The number of H-pyrrole nitrogens is 1. The number of imidazole rings is 1. The van der Waals surface area contributed by atoms with E-state index in [1.807, 2.05) is 17.6 Å². The fraction of sp³-hybridized carbons (Fsp3) is 0.408. The molecular weight excluding hydrogens is 895 g/mol. The van der Waals surface area contributed by atoms with Crippen molar-refractivity contribution in [2.45, 2.75) is 113 Å². The fourth-order valence-corrected chi connectivity index (χ4v) is 14.3. The van der Waals surface area contributed by atoms with E-state index in [4.69, 9.17) is 14.4 Å². The van der Waals surface area contributed by atoms with Crippen LogP contribution >= 0.6 is 0 Å². The van der Waals surface area contributed by atoms with Crippen LogP contribution in [0.2, 0.25) is 0 Å². The van der Waals surface area contributed by atoms with Gasteiger partial charge in [-0.2, -0.15) is 14.5 Å². The molecule has 2 aliphatic carbocycles. The molecular formula is C49H48F2N10O6S. The zero-order valence-corrected chi connectivity index (χ0v) is 38.7. The van der Waals surface area contributed by atoms with Crippen LogP contribution in [0.5, 0.6) is 0 Å². The van der Waals surface area contributed by atoms with Gasteiger partial charge < -0.3 is 9.30 Å². The van der Waals surface area contributed by atoms with E-state index in [2.05, 4.69) is 27.4 Å². The molecule has 1 spiro atoms. The number of sulfonamides is 1. The largest absolute Gasteiger partial charge is 0.438 e. The van der Waals surface area contributed by atoms with E-state index < -0.39 is 44.9 Å². The fourth-order valence-electron chi connectivity index (χ4n) is 12.2. The Morgan fingerprint density at radius 1 is 0.912 bits per heavy atom. The van der Waals surface area contributed by atoms with Crippen molar-refractivity contribution in [2.24, 2.45) is 13.0 Å². The first-order valence-corrected chi connectivity index (χ1v) is 24.8. The number of ether oxygens (including phenoxy) is 1. The molecule has 0 unspecified atom stereocenters. The molecule has 3 aromatic carbocycles. The number of halogens is 2. The molecule has 1 N–H and O–H groups in total. The quantitative estimate of drug-likeness (QED) is 0.164. The first kappa shape index (κ1) is 41.7. The van der Waals surface area contributed by atoms with Crippen LogP contribution in [-0.4, -0.2) is 74.4 Å². The van der Waals surface area contributed by atoms with Gasteiger partial charge in [0.2, 0.25) is 0 Å². The molecule has 19 heteroatoms. The Morgan fingerprint density at radius 3 is 2.41 bits per heavy atom. The molecule has 2 bridgehead atoms. The van der Waals surface area contributed by atoms with Crippen LogP contribution in [0.1, 0.15) is 104 Å². The minimum Gasteiger partial charge on any atom is -0.375 e. The maximum absolute atomic E-state index is 16.3. The molecule has 13 rings (SSSR count). The minimum absolute atomic E-state index is 0.0149. The lowest BCUT2D eigenvalue weighted by Crippen LogP contribution is -2.50. The highest BCUT2D eigenvalue weighted by Gasteiger charge is 2.60. The highest BCUT2D eigenvalue weighted by atomic mass is 32.2. The Balaban J connectivity index is 0.997. The maximum Gasteiger partial charge on any atom is 0.438 e. The van der Waals surface area contributed by atoms with Crippen molar-refractivity contribution in [3.63, 3.8) is 0 Å². The number of piperidine rings is 1. The van der Waals surface area contributed by atoms with Gasteiger partial charge in [-0.05, 0) is 136 Å². The van der Waals surface area contributed by atoms with Crippen LogP contribution < -0.4 is 11.4 Å². The number of aryl methyl sites for hydroxylation is 3. The summed E-state index contributed by atoms with van der Waals surface area (Å²) in [5.41, 5.74) is 3.08. The van der Waals surface area contributed by atoms with Gasteiger partial charge in [-0.25, -0.2) is 31.5 Å². The van der Waals surface area contributed by atoms with Crippen molar-refractivity contribution in [3.05, 3.63) is 134 Å². The van der Waals surface area contributed by atoms with Crippen LogP contribution in [0.15, 0.2) is 86.3 Å². The molecule has 5 atom stereocenters. The average molecular weight is 943 g/mol. The number of aromatic amines is 1. The molecule has 0 amide bonds. The third kappa shape index (κ3) is 5.87. The first-order chi connectivity index (χ1) is 32.7. The summed E-state index contributed by atoms with van der Waals surface area (Å²) in [5, 5.41) is 14.6. The van der Waals surface area contributed by atoms with Crippen molar-refractivity contribution < 1.29 is 26.5 Å². The molecule has 2 saturated carbocycles. The average Bonchev–Trinajstić information content (AvgIpc) is 3.73. The number of rotatable bonds is 8.